The molecule has 100 valence electrons. The van der Waals surface area contributed by atoms with Gasteiger partial charge in [-0.2, -0.15) is 0 Å². The van der Waals surface area contributed by atoms with E-state index in [1.54, 1.807) is 25.2 Å². The predicted octanol–water partition coefficient (Wildman–Crippen LogP) is 4.14. The summed E-state index contributed by atoms with van der Waals surface area (Å²) >= 11 is 5.99. The molecule has 0 heterocycles. The predicted molar refractivity (Wildman–Crippen MR) is 69.5 cm³/mol. The lowest BCUT2D eigenvalue weighted by Gasteiger charge is -2.09. The Morgan fingerprint density at radius 3 is 2.37 bits per heavy atom. The zero-order chi connectivity index (χ0) is 14.0. The van der Waals surface area contributed by atoms with Gasteiger partial charge in [-0.15, -0.1) is 0 Å². The number of halogens is 4. The Morgan fingerprint density at radius 2 is 1.68 bits per heavy atom. The van der Waals surface area contributed by atoms with Gasteiger partial charge in [-0.1, -0.05) is 17.7 Å². The van der Waals surface area contributed by atoms with Crippen LogP contribution in [0.1, 0.15) is 5.56 Å². The zero-order valence-corrected chi connectivity index (χ0v) is 10.9. The number of hydrogen-bond acceptors (Lipinski definition) is 1. The maximum Gasteiger partial charge on any atom is 0.161 e. The smallest absolute Gasteiger partial charge is 0.161 e. The minimum Gasteiger partial charge on any atom is -0.316 e. The van der Waals surface area contributed by atoms with E-state index in [-0.39, 0.29) is 5.56 Å². The van der Waals surface area contributed by atoms with Crippen LogP contribution in [0.3, 0.4) is 0 Å². The van der Waals surface area contributed by atoms with E-state index >= 15 is 0 Å². The first-order valence-electron chi connectivity index (χ1n) is 5.61. The van der Waals surface area contributed by atoms with Crippen molar-refractivity contribution in [2.75, 3.05) is 7.05 Å². The molecule has 0 fully saturated rings. The molecule has 0 radical (unpaired) electrons. The van der Waals surface area contributed by atoms with Crippen LogP contribution in [0.2, 0.25) is 5.02 Å². The molecular weight excluding hydrogens is 275 g/mol. The van der Waals surface area contributed by atoms with Gasteiger partial charge in [0, 0.05) is 23.2 Å². The minimum absolute atomic E-state index is 0.00733. The van der Waals surface area contributed by atoms with Gasteiger partial charge >= 0.3 is 0 Å². The summed E-state index contributed by atoms with van der Waals surface area (Å²) in [5, 5.41) is 3.46. The maximum atomic E-state index is 13.7. The monoisotopic (exact) mass is 285 g/mol. The molecule has 0 amide bonds. The number of hydrogen-bond donors (Lipinski definition) is 1. The van der Waals surface area contributed by atoms with E-state index in [1.165, 1.54) is 0 Å². The summed E-state index contributed by atoms with van der Waals surface area (Å²) in [6.45, 7) is 0.498. The molecule has 0 aliphatic rings. The van der Waals surface area contributed by atoms with Gasteiger partial charge in [0.05, 0.1) is 0 Å². The van der Waals surface area contributed by atoms with Crippen molar-refractivity contribution in [2.45, 2.75) is 6.54 Å². The number of benzene rings is 2. The first-order chi connectivity index (χ1) is 9.02. The Bertz CT molecular complexity index is 614. The lowest BCUT2D eigenvalue weighted by Crippen LogP contribution is -2.05. The second-order valence-electron chi connectivity index (χ2n) is 4.08. The van der Waals surface area contributed by atoms with Crippen LogP contribution in [-0.2, 0) is 6.54 Å². The molecule has 0 atom stereocenters. The molecule has 5 heteroatoms. The third-order valence-corrected chi connectivity index (χ3v) is 3.10. The molecular formula is C14H11ClF3N. The standard InChI is InChI=1S/C14H11ClF3N/c1-19-7-9-4-8(2-3-11(9)15)10-5-13(17)14(18)6-12(10)16/h2-6,19H,7H2,1H3. The Labute approximate surface area is 114 Å². The Balaban J connectivity index is 2.53. The second kappa shape index (κ2) is 5.63. The highest BCUT2D eigenvalue weighted by molar-refractivity contribution is 6.31. The Kier molecular flexibility index (Phi) is 4.12. The fraction of sp³-hybridized carbons (Fsp3) is 0.143. The fourth-order valence-corrected chi connectivity index (χ4v) is 2.00. The highest BCUT2D eigenvalue weighted by atomic mass is 35.5. The van der Waals surface area contributed by atoms with Crippen molar-refractivity contribution in [1.29, 1.82) is 0 Å². The fourth-order valence-electron chi connectivity index (χ4n) is 1.81. The number of nitrogens with one attached hydrogen (secondary N) is 1. The molecule has 2 aromatic rings. The second-order valence-corrected chi connectivity index (χ2v) is 4.49. The molecule has 0 bridgehead atoms. The van der Waals surface area contributed by atoms with Crippen molar-refractivity contribution in [2.24, 2.45) is 0 Å². The average Bonchev–Trinajstić information content (AvgIpc) is 2.37. The van der Waals surface area contributed by atoms with Crippen molar-refractivity contribution < 1.29 is 13.2 Å². The molecule has 0 saturated carbocycles. The van der Waals surface area contributed by atoms with Crippen LogP contribution in [0.5, 0.6) is 0 Å². The lowest BCUT2D eigenvalue weighted by atomic mass is 10.0. The number of rotatable bonds is 3. The highest BCUT2D eigenvalue weighted by Crippen LogP contribution is 2.28. The molecule has 2 aromatic carbocycles. The molecule has 2 rings (SSSR count). The normalized spacial score (nSPS) is 10.8. The van der Waals surface area contributed by atoms with Crippen molar-refractivity contribution >= 4 is 11.6 Å². The van der Waals surface area contributed by atoms with E-state index in [1.807, 2.05) is 0 Å². The summed E-state index contributed by atoms with van der Waals surface area (Å²) in [5.74, 6) is -3.09. The van der Waals surface area contributed by atoms with Gasteiger partial charge in [-0.3, -0.25) is 0 Å². The van der Waals surface area contributed by atoms with Crippen LogP contribution in [0.15, 0.2) is 30.3 Å². The molecule has 0 aliphatic carbocycles. The molecule has 0 aromatic heterocycles. The Hall–Kier alpha value is -1.52. The van der Waals surface area contributed by atoms with Gasteiger partial charge in [-0.25, -0.2) is 13.2 Å². The van der Waals surface area contributed by atoms with E-state index in [2.05, 4.69) is 5.32 Å². The summed E-state index contributed by atoms with van der Waals surface area (Å²) in [6, 6.07) is 6.20. The summed E-state index contributed by atoms with van der Waals surface area (Å²) < 4.78 is 39.8. The molecule has 0 aliphatic heterocycles. The molecule has 0 unspecified atom stereocenters. The van der Waals surface area contributed by atoms with E-state index in [9.17, 15) is 13.2 Å². The van der Waals surface area contributed by atoms with E-state index < -0.39 is 17.5 Å². The quantitative estimate of drug-likeness (QED) is 0.836. The summed E-state index contributed by atoms with van der Waals surface area (Å²) in [6.07, 6.45) is 0. The van der Waals surface area contributed by atoms with Crippen molar-refractivity contribution in [1.82, 2.24) is 5.32 Å². The van der Waals surface area contributed by atoms with Crippen molar-refractivity contribution in [3.05, 3.63) is 58.4 Å². The van der Waals surface area contributed by atoms with Gasteiger partial charge in [-0.05, 0) is 36.4 Å². The van der Waals surface area contributed by atoms with Gasteiger partial charge in [0.15, 0.2) is 11.6 Å². The van der Waals surface area contributed by atoms with E-state index in [4.69, 9.17) is 11.6 Å². The van der Waals surface area contributed by atoms with Crippen molar-refractivity contribution in [3.8, 4) is 11.1 Å². The average molecular weight is 286 g/mol. The van der Waals surface area contributed by atoms with Gasteiger partial charge in [0.25, 0.3) is 0 Å². The third-order valence-electron chi connectivity index (χ3n) is 2.73. The van der Waals surface area contributed by atoms with Gasteiger partial charge in [0.2, 0.25) is 0 Å². The van der Waals surface area contributed by atoms with E-state index in [0.717, 1.165) is 11.6 Å². The molecule has 1 nitrogen and oxygen atoms in total. The van der Waals surface area contributed by atoms with Crippen molar-refractivity contribution in [3.63, 3.8) is 0 Å². The van der Waals surface area contributed by atoms with Gasteiger partial charge in [0.1, 0.15) is 5.82 Å². The minimum atomic E-state index is -1.20. The highest BCUT2D eigenvalue weighted by Gasteiger charge is 2.12. The summed E-state index contributed by atoms with van der Waals surface area (Å²) in [4.78, 5) is 0. The first kappa shape index (κ1) is 13.9. The molecule has 0 spiro atoms. The zero-order valence-electron chi connectivity index (χ0n) is 10.1. The molecule has 1 N–H and O–H groups in total. The summed E-state index contributed by atoms with van der Waals surface area (Å²) in [7, 11) is 1.75. The summed E-state index contributed by atoms with van der Waals surface area (Å²) in [5.41, 5.74) is 1.21. The molecule has 0 saturated heterocycles. The third kappa shape index (κ3) is 2.91. The SMILES string of the molecule is CNCc1cc(-c2cc(F)c(F)cc2F)ccc1Cl. The Morgan fingerprint density at radius 1 is 1.00 bits per heavy atom. The lowest BCUT2D eigenvalue weighted by molar-refractivity contribution is 0.496. The van der Waals surface area contributed by atoms with Crippen LogP contribution < -0.4 is 5.32 Å². The van der Waals surface area contributed by atoms with Crippen LogP contribution in [0.4, 0.5) is 13.2 Å². The molecule has 19 heavy (non-hydrogen) atoms. The van der Waals surface area contributed by atoms with Gasteiger partial charge < -0.3 is 5.32 Å². The largest absolute Gasteiger partial charge is 0.316 e. The van der Waals surface area contributed by atoms with E-state index in [0.29, 0.717) is 23.2 Å². The van der Waals surface area contributed by atoms with Crippen LogP contribution >= 0.6 is 11.6 Å². The maximum absolute atomic E-state index is 13.7. The van der Waals surface area contributed by atoms with Crippen LogP contribution in [-0.4, -0.2) is 7.05 Å². The topological polar surface area (TPSA) is 12.0 Å². The first-order valence-corrected chi connectivity index (χ1v) is 5.98. The van der Waals surface area contributed by atoms with Crippen LogP contribution in [0.25, 0.3) is 11.1 Å². The van der Waals surface area contributed by atoms with Crippen LogP contribution in [0, 0.1) is 17.5 Å².